The molecule has 0 bridgehead atoms. The van der Waals surface area contributed by atoms with Gasteiger partial charge in [0.1, 0.15) is 0 Å². The number of carbonyl (C=O) groups is 1. The number of carbonyl (C=O) groups excluding carboxylic acids is 1. The Hall–Kier alpha value is -0.610. The minimum atomic E-state index is 0.157. The van der Waals surface area contributed by atoms with Crippen LogP contribution >= 0.6 is 0 Å². The van der Waals surface area contributed by atoms with E-state index in [4.69, 9.17) is 5.11 Å². The summed E-state index contributed by atoms with van der Waals surface area (Å²) in [5.41, 5.74) is 0. The second-order valence-electron chi connectivity index (χ2n) is 5.22. The van der Waals surface area contributed by atoms with Gasteiger partial charge in [-0.25, -0.2) is 0 Å². The molecule has 1 saturated carbocycles. The van der Waals surface area contributed by atoms with Crippen LogP contribution in [0.1, 0.15) is 38.5 Å². The number of aliphatic hydroxyl groups is 1. The van der Waals surface area contributed by atoms with Gasteiger partial charge in [0.15, 0.2) is 0 Å². The number of hydrogen-bond acceptors (Lipinski definition) is 3. The van der Waals surface area contributed by atoms with Gasteiger partial charge in [-0.2, -0.15) is 0 Å². The van der Waals surface area contributed by atoms with Gasteiger partial charge in [-0.05, 0) is 25.7 Å². The summed E-state index contributed by atoms with van der Waals surface area (Å²) in [6, 6.07) is 0.522. The van der Waals surface area contributed by atoms with Crippen LogP contribution in [0, 0.1) is 0 Å². The second kappa shape index (κ2) is 6.36. The molecule has 1 saturated heterocycles. The Balaban J connectivity index is 1.84. The van der Waals surface area contributed by atoms with Crippen LogP contribution in [0.15, 0.2) is 0 Å². The van der Waals surface area contributed by atoms with Crippen molar-refractivity contribution < 1.29 is 9.90 Å². The highest BCUT2D eigenvalue weighted by Gasteiger charge is 2.26. The lowest BCUT2D eigenvalue weighted by atomic mass is 10.2. The predicted molar refractivity (Wildman–Crippen MR) is 66.7 cm³/mol. The van der Waals surface area contributed by atoms with Gasteiger partial charge in [0.05, 0.1) is 13.2 Å². The zero-order valence-electron chi connectivity index (χ0n) is 10.6. The molecule has 0 spiro atoms. The molecule has 17 heavy (non-hydrogen) atoms. The molecule has 0 aromatic carbocycles. The van der Waals surface area contributed by atoms with E-state index in [9.17, 15) is 4.79 Å². The van der Waals surface area contributed by atoms with Gasteiger partial charge in [-0.15, -0.1) is 0 Å². The summed E-state index contributed by atoms with van der Waals surface area (Å²) in [7, 11) is 0. The lowest BCUT2D eigenvalue weighted by Gasteiger charge is -2.29. The van der Waals surface area contributed by atoms with E-state index in [-0.39, 0.29) is 12.5 Å². The molecule has 4 heteroatoms. The number of amides is 1. The molecule has 0 atom stereocenters. The number of likely N-dealkylation sites (tertiary alicyclic amines) is 1. The normalized spacial score (nSPS) is 21.6. The molecule has 1 N–H and O–H groups in total. The fourth-order valence-electron chi connectivity index (χ4n) is 3.03. The third kappa shape index (κ3) is 3.42. The monoisotopic (exact) mass is 240 g/mol. The van der Waals surface area contributed by atoms with Crippen LogP contribution in [0.2, 0.25) is 0 Å². The van der Waals surface area contributed by atoms with Crippen LogP contribution in [0.25, 0.3) is 0 Å². The molecule has 98 valence electrons. The lowest BCUT2D eigenvalue weighted by molar-refractivity contribution is -0.132. The van der Waals surface area contributed by atoms with E-state index < -0.39 is 0 Å². The summed E-state index contributed by atoms with van der Waals surface area (Å²) in [5.74, 6) is 0.253. The lowest BCUT2D eigenvalue weighted by Crippen LogP contribution is -2.44. The smallest absolute Gasteiger partial charge is 0.236 e. The summed E-state index contributed by atoms with van der Waals surface area (Å²) < 4.78 is 0. The van der Waals surface area contributed by atoms with E-state index in [1.165, 1.54) is 25.7 Å². The molecular weight excluding hydrogens is 216 g/mol. The Morgan fingerprint density at radius 1 is 1.18 bits per heavy atom. The standard InChI is InChI=1S/C13H24N2O2/c16-10-9-15(12-5-1-2-6-12)11-13(17)14-7-3-4-8-14/h12,16H,1-11H2. The van der Waals surface area contributed by atoms with E-state index in [2.05, 4.69) is 4.90 Å². The Kier molecular flexibility index (Phi) is 4.80. The van der Waals surface area contributed by atoms with Gasteiger partial charge in [0.2, 0.25) is 5.91 Å². The third-order valence-corrected chi connectivity index (χ3v) is 4.03. The third-order valence-electron chi connectivity index (χ3n) is 4.03. The van der Waals surface area contributed by atoms with Crippen molar-refractivity contribution in [1.82, 2.24) is 9.80 Å². The quantitative estimate of drug-likeness (QED) is 0.774. The van der Waals surface area contributed by atoms with Gasteiger partial charge < -0.3 is 10.0 Å². The van der Waals surface area contributed by atoms with Crippen molar-refractivity contribution in [2.45, 2.75) is 44.6 Å². The van der Waals surface area contributed by atoms with Crippen molar-refractivity contribution >= 4 is 5.91 Å². The van der Waals surface area contributed by atoms with E-state index in [1.807, 2.05) is 4.90 Å². The molecule has 0 aromatic rings. The maximum Gasteiger partial charge on any atom is 0.236 e. The van der Waals surface area contributed by atoms with Gasteiger partial charge in [-0.3, -0.25) is 9.69 Å². The largest absolute Gasteiger partial charge is 0.395 e. The van der Waals surface area contributed by atoms with Crippen molar-refractivity contribution in [3.63, 3.8) is 0 Å². The van der Waals surface area contributed by atoms with Crippen molar-refractivity contribution in [3.8, 4) is 0 Å². The predicted octanol–water partition coefficient (Wildman–Crippen LogP) is 0.846. The average Bonchev–Trinajstić information content (AvgIpc) is 3.01. The van der Waals surface area contributed by atoms with Crippen LogP contribution in [-0.2, 0) is 4.79 Å². The molecule has 0 unspecified atom stereocenters. The van der Waals surface area contributed by atoms with Gasteiger partial charge in [0, 0.05) is 25.7 Å². The Morgan fingerprint density at radius 3 is 2.41 bits per heavy atom. The zero-order chi connectivity index (χ0) is 12.1. The van der Waals surface area contributed by atoms with Crippen molar-refractivity contribution in [3.05, 3.63) is 0 Å². The zero-order valence-corrected chi connectivity index (χ0v) is 10.6. The van der Waals surface area contributed by atoms with Crippen LogP contribution in [0.3, 0.4) is 0 Å². The van der Waals surface area contributed by atoms with Crippen molar-refractivity contribution in [2.24, 2.45) is 0 Å². The molecule has 1 amide bonds. The summed E-state index contributed by atoms with van der Waals surface area (Å²) in [5, 5.41) is 9.11. The van der Waals surface area contributed by atoms with Crippen molar-refractivity contribution in [1.29, 1.82) is 0 Å². The first-order chi connectivity index (χ1) is 8.31. The highest BCUT2D eigenvalue weighted by molar-refractivity contribution is 5.78. The SMILES string of the molecule is O=C(CN(CCO)C1CCCC1)N1CCCC1. The minimum absolute atomic E-state index is 0.157. The maximum absolute atomic E-state index is 12.1. The summed E-state index contributed by atoms with van der Waals surface area (Å²) in [6.07, 6.45) is 7.21. The highest BCUT2D eigenvalue weighted by atomic mass is 16.3. The molecule has 2 fully saturated rings. The molecular formula is C13H24N2O2. The first-order valence-electron chi connectivity index (χ1n) is 6.94. The first-order valence-corrected chi connectivity index (χ1v) is 6.94. The topological polar surface area (TPSA) is 43.8 Å². The molecule has 1 aliphatic carbocycles. The van der Waals surface area contributed by atoms with Gasteiger partial charge in [0.25, 0.3) is 0 Å². The van der Waals surface area contributed by atoms with Crippen LogP contribution < -0.4 is 0 Å². The molecule has 1 aliphatic heterocycles. The molecule has 1 heterocycles. The van der Waals surface area contributed by atoms with E-state index in [0.29, 0.717) is 19.1 Å². The number of rotatable bonds is 5. The summed E-state index contributed by atoms with van der Waals surface area (Å²) in [4.78, 5) is 16.2. The van der Waals surface area contributed by atoms with Crippen LogP contribution in [0.4, 0.5) is 0 Å². The Labute approximate surface area is 104 Å². The number of aliphatic hydroxyl groups excluding tert-OH is 1. The minimum Gasteiger partial charge on any atom is -0.395 e. The molecule has 2 aliphatic rings. The van der Waals surface area contributed by atoms with Crippen molar-refractivity contribution in [2.75, 3.05) is 32.8 Å². The van der Waals surface area contributed by atoms with E-state index in [0.717, 1.165) is 25.9 Å². The fraction of sp³-hybridized carbons (Fsp3) is 0.923. The second-order valence-corrected chi connectivity index (χ2v) is 5.22. The van der Waals surface area contributed by atoms with E-state index in [1.54, 1.807) is 0 Å². The summed E-state index contributed by atoms with van der Waals surface area (Å²) in [6.45, 7) is 3.16. The molecule has 4 nitrogen and oxygen atoms in total. The first kappa shape index (κ1) is 12.8. The van der Waals surface area contributed by atoms with Gasteiger partial charge >= 0.3 is 0 Å². The Morgan fingerprint density at radius 2 is 1.82 bits per heavy atom. The van der Waals surface area contributed by atoms with E-state index >= 15 is 0 Å². The fourth-order valence-corrected chi connectivity index (χ4v) is 3.03. The Bertz CT molecular complexity index is 246. The molecule has 0 radical (unpaired) electrons. The van der Waals surface area contributed by atoms with Crippen LogP contribution in [-0.4, -0.2) is 59.6 Å². The summed E-state index contributed by atoms with van der Waals surface area (Å²) >= 11 is 0. The molecule has 2 rings (SSSR count). The molecule has 0 aromatic heterocycles. The number of nitrogens with zero attached hydrogens (tertiary/aromatic N) is 2. The maximum atomic E-state index is 12.1. The van der Waals surface area contributed by atoms with Gasteiger partial charge in [-0.1, -0.05) is 12.8 Å². The average molecular weight is 240 g/mol. The van der Waals surface area contributed by atoms with Crippen LogP contribution in [0.5, 0.6) is 0 Å². The number of hydrogen-bond donors (Lipinski definition) is 1. The highest BCUT2D eigenvalue weighted by Crippen LogP contribution is 2.23.